The molecule has 1 aliphatic heterocycles. The van der Waals surface area contributed by atoms with Crippen molar-refractivity contribution in [2.75, 3.05) is 37.6 Å². The van der Waals surface area contributed by atoms with E-state index in [1.807, 2.05) is 18.5 Å². The first kappa shape index (κ1) is 13.5. The number of hydrogen-bond acceptors (Lipinski definition) is 4. The van der Waals surface area contributed by atoms with Crippen LogP contribution in [0.5, 0.6) is 0 Å². The number of nitrogens with zero attached hydrogens (tertiary/aromatic N) is 4. The summed E-state index contributed by atoms with van der Waals surface area (Å²) in [6, 6.07) is 4.13. The fourth-order valence-corrected chi connectivity index (χ4v) is 3.40. The summed E-state index contributed by atoms with van der Waals surface area (Å²) < 4.78 is 0.980. The molecule has 3 heterocycles. The molecule has 4 nitrogen and oxygen atoms in total. The SMILES string of the molecule is Brc1cnc2c(N3CCN(CC4CC4)CC3)ccnc2c1. The highest BCUT2D eigenvalue weighted by Crippen LogP contribution is 2.31. The third kappa shape index (κ3) is 2.90. The van der Waals surface area contributed by atoms with Crippen molar-refractivity contribution in [3.05, 3.63) is 29.0 Å². The van der Waals surface area contributed by atoms with Crippen molar-refractivity contribution in [1.29, 1.82) is 0 Å². The van der Waals surface area contributed by atoms with Crippen LogP contribution in [-0.4, -0.2) is 47.6 Å². The fourth-order valence-electron chi connectivity index (χ4n) is 3.08. The first-order chi connectivity index (χ1) is 10.3. The molecule has 0 aromatic carbocycles. The zero-order chi connectivity index (χ0) is 14.2. The second-order valence-corrected chi connectivity index (χ2v) is 7.00. The summed E-state index contributed by atoms with van der Waals surface area (Å²) in [6.07, 6.45) is 6.63. The summed E-state index contributed by atoms with van der Waals surface area (Å²) in [6.45, 7) is 5.80. The lowest BCUT2D eigenvalue weighted by Crippen LogP contribution is -2.47. The van der Waals surface area contributed by atoms with Gasteiger partial charge in [0, 0.05) is 49.6 Å². The lowest BCUT2D eigenvalue weighted by Gasteiger charge is -2.36. The van der Waals surface area contributed by atoms with E-state index in [0.29, 0.717) is 0 Å². The van der Waals surface area contributed by atoms with Gasteiger partial charge in [0.15, 0.2) is 0 Å². The molecule has 2 fully saturated rings. The largest absolute Gasteiger partial charge is 0.367 e. The summed E-state index contributed by atoms with van der Waals surface area (Å²) >= 11 is 3.47. The highest BCUT2D eigenvalue weighted by atomic mass is 79.9. The topological polar surface area (TPSA) is 32.3 Å². The highest BCUT2D eigenvalue weighted by Gasteiger charge is 2.26. The molecule has 4 rings (SSSR count). The number of aromatic nitrogens is 2. The van der Waals surface area contributed by atoms with Crippen molar-refractivity contribution in [3.8, 4) is 0 Å². The van der Waals surface area contributed by atoms with Gasteiger partial charge in [-0.05, 0) is 46.8 Å². The zero-order valence-electron chi connectivity index (χ0n) is 12.0. The van der Waals surface area contributed by atoms with Gasteiger partial charge in [0.1, 0.15) is 5.52 Å². The Morgan fingerprint density at radius 3 is 2.71 bits per heavy atom. The molecule has 0 radical (unpaired) electrons. The molecule has 2 aromatic heterocycles. The smallest absolute Gasteiger partial charge is 0.112 e. The number of halogens is 1. The minimum Gasteiger partial charge on any atom is -0.367 e. The van der Waals surface area contributed by atoms with Crippen LogP contribution < -0.4 is 4.90 Å². The standard InChI is InChI=1S/C16H19BrN4/c17-13-9-14-16(19-10-13)15(3-4-18-14)21-7-5-20(6-8-21)11-12-1-2-12/h3-4,9-10,12H,1-2,5-8,11H2. The van der Waals surface area contributed by atoms with Crippen LogP contribution in [0.25, 0.3) is 11.0 Å². The second kappa shape index (κ2) is 5.54. The third-order valence-corrected chi connectivity index (χ3v) is 4.88. The lowest BCUT2D eigenvalue weighted by molar-refractivity contribution is 0.248. The van der Waals surface area contributed by atoms with E-state index in [2.05, 4.69) is 41.8 Å². The molecule has 1 saturated carbocycles. The van der Waals surface area contributed by atoms with Crippen LogP contribution in [0.4, 0.5) is 5.69 Å². The first-order valence-corrected chi connectivity index (χ1v) is 8.46. The predicted molar refractivity (Wildman–Crippen MR) is 88.6 cm³/mol. The van der Waals surface area contributed by atoms with Crippen LogP contribution in [0.2, 0.25) is 0 Å². The quantitative estimate of drug-likeness (QED) is 0.855. The zero-order valence-corrected chi connectivity index (χ0v) is 13.6. The summed E-state index contributed by atoms with van der Waals surface area (Å²) in [5, 5.41) is 0. The maximum atomic E-state index is 4.57. The molecule has 1 saturated heterocycles. The third-order valence-electron chi connectivity index (χ3n) is 4.45. The molecule has 0 atom stereocenters. The van der Waals surface area contributed by atoms with Gasteiger partial charge in [-0.3, -0.25) is 14.9 Å². The number of pyridine rings is 2. The summed E-state index contributed by atoms with van der Waals surface area (Å²) in [7, 11) is 0. The molecule has 0 amide bonds. The molecule has 0 spiro atoms. The van der Waals surface area contributed by atoms with Crippen LogP contribution >= 0.6 is 15.9 Å². The molecular formula is C16H19BrN4. The maximum Gasteiger partial charge on any atom is 0.112 e. The van der Waals surface area contributed by atoms with Crippen molar-refractivity contribution >= 4 is 32.7 Å². The van der Waals surface area contributed by atoms with Crippen molar-refractivity contribution in [1.82, 2.24) is 14.9 Å². The number of hydrogen-bond donors (Lipinski definition) is 0. The molecule has 1 aliphatic carbocycles. The Hall–Kier alpha value is -1.20. The Morgan fingerprint density at radius 2 is 1.95 bits per heavy atom. The second-order valence-electron chi connectivity index (χ2n) is 6.08. The van der Waals surface area contributed by atoms with Gasteiger partial charge >= 0.3 is 0 Å². The molecule has 2 aliphatic rings. The van der Waals surface area contributed by atoms with E-state index in [-0.39, 0.29) is 0 Å². The summed E-state index contributed by atoms with van der Waals surface area (Å²) in [5.74, 6) is 0.984. The van der Waals surface area contributed by atoms with E-state index in [1.165, 1.54) is 25.1 Å². The Bertz CT molecular complexity index is 648. The normalized spacial score (nSPS) is 20.1. The van der Waals surface area contributed by atoms with Gasteiger partial charge in [0.05, 0.1) is 11.2 Å². The van der Waals surface area contributed by atoms with Gasteiger partial charge in [0.2, 0.25) is 0 Å². The summed E-state index contributed by atoms with van der Waals surface area (Å²) in [4.78, 5) is 14.1. The Balaban J connectivity index is 1.53. The molecule has 110 valence electrons. The number of rotatable bonds is 3. The first-order valence-electron chi connectivity index (χ1n) is 7.67. The molecule has 5 heteroatoms. The van der Waals surface area contributed by atoms with Gasteiger partial charge < -0.3 is 4.90 Å². The molecule has 0 N–H and O–H groups in total. The van der Waals surface area contributed by atoms with E-state index in [1.54, 1.807) is 0 Å². The Morgan fingerprint density at radius 1 is 1.14 bits per heavy atom. The number of piperazine rings is 1. The van der Waals surface area contributed by atoms with Gasteiger partial charge in [-0.25, -0.2) is 0 Å². The minimum absolute atomic E-state index is 0.960. The van der Waals surface area contributed by atoms with Crippen molar-refractivity contribution in [3.63, 3.8) is 0 Å². The van der Waals surface area contributed by atoms with E-state index in [4.69, 9.17) is 0 Å². The molecule has 2 aromatic rings. The van der Waals surface area contributed by atoms with Crippen molar-refractivity contribution in [2.45, 2.75) is 12.8 Å². The average molecular weight is 347 g/mol. The van der Waals surface area contributed by atoms with Gasteiger partial charge in [-0.15, -0.1) is 0 Å². The minimum atomic E-state index is 0.960. The summed E-state index contributed by atoms with van der Waals surface area (Å²) in [5.41, 5.74) is 3.19. The van der Waals surface area contributed by atoms with Gasteiger partial charge in [-0.1, -0.05) is 0 Å². The average Bonchev–Trinajstić information content (AvgIpc) is 3.31. The van der Waals surface area contributed by atoms with E-state index >= 15 is 0 Å². The van der Waals surface area contributed by atoms with Gasteiger partial charge in [-0.2, -0.15) is 0 Å². The predicted octanol–water partition coefficient (Wildman–Crippen LogP) is 2.92. The van der Waals surface area contributed by atoms with Crippen LogP contribution in [0.3, 0.4) is 0 Å². The molecule has 21 heavy (non-hydrogen) atoms. The van der Waals surface area contributed by atoms with E-state index in [0.717, 1.165) is 47.6 Å². The number of anilines is 1. The maximum absolute atomic E-state index is 4.57. The highest BCUT2D eigenvalue weighted by molar-refractivity contribution is 9.10. The molecule has 0 bridgehead atoms. The Labute approximate surface area is 133 Å². The van der Waals surface area contributed by atoms with Crippen LogP contribution in [-0.2, 0) is 0 Å². The molecular weight excluding hydrogens is 328 g/mol. The van der Waals surface area contributed by atoms with Crippen LogP contribution in [0.1, 0.15) is 12.8 Å². The van der Waals surface area contributed by atoms with E-state index < -0.39 is 0 Å². The van der Waals surface area contributed by atoms with Crippen LogP contribution in [0, 0.1) is 5.92 Å². The lowest BCUT2D eigenvalue weighted by atomic mass is 10.2. The monoisotopic (exact) mass is 346 g/mol. The van der Waals surface area contributed by atoms with Crippen LogP contribution in [0.15, 0.2) is 29.0 Å². The number of fused-ring (bicyclic) bond motifs is 1. The Kier molecular flexibility index (Phi) is 3.55. The van der Waals surface area contributed by atoms with Crippen molar-refractivity contribution < 1.29 is 0 Å². The fraction of sp³-hybridized carbons (Fsp3) is 0.500. The van der Waals surface area contributed by atoms with Gasteiger partial charge in [0.25, 0.3) is 0 Å². The van der Waals surface area contributed by atoms with E-state index in [9.17, 15) is 0 Å². The van der Waals surface area contributed by atoms with Crippen molar-refractivity contribution in [2.24, 2.45) is 5.92 Å². The molecule has 0 unspecified atom stereocenters.